The smallest absolute Gasteiger partial charge is 0.272 e. The van der Waals surface area contributed by atoms with Crippen molar-refractivity contribution >= 4 is 15.7 Å². The van der Waals surface area contributed by atoms with Gasteiger partial charge in [0.2, 0.25) is 0 Å². The first-order valence-corrected chi connectivity index (χ1v) is 8.10. The fourth-order valence-electron chi connectivity index (χ4n) is 2.07. The molecule has 0 spiro atoms. The van der Waals surface area contributed by atoms with Crippen LogP contribution in [-0.2, 0) is 10.0 Å². The highest BCUT2D eigenvalue weighted by Gasteiger charge is 2.26. The molecular formula is C14H16F2N2O4S. The number of halogens is 2. The molecule has 0 aliphatic carbocycles. The lowest BCUT2D eigenvalue weighted by Crippen LogP contribution is -2.27. The van der Waals surface area contributed by atoms with E-state index in [1.54, 1.807) is 13.8 Å². The van der Waals surface area contributed by atoms with Gasteiger partial charge in [-0.2, -0.15) is 0 Å². The van der Waals surface area contributed by atoms with Gasteiger partial charge >= 0.3 is 0 Å². The molecule has 0 fully saturated rings. The molecule has 0 aliphatic heterocycles. The lowest BCUT2D eigenvalue weighted by Gasteiger charge is -2.19. The molecule has 0 bridgehead atoms. The van der Waals surface area contributed by atoms with Crippen molar-refractivity contribution in [2.75, 3.05) is 18.0 Å². The van der Waals surface area contributed by atoms with E-state index in [2.05, 4.69) is 5.16 Å². The summed E-state index contributed by atoms with van der Waals surface area (Å²) in [6.07, 6.45) is -2.59. The number of alkyl halides is 2. The topological polar surface area (TPSA) is 72.6 Å². The van der Waals surface area contributed by atoms with E-state index in [9.17, 15) is 17.2 Å². The van der Waals surface area contributed by atoms with E-state index in [4.69, 9.17) is 9.26 Å². The van der Waals surface area contributed by atoms with E-state index in [-0.39, 0.29) is 10.6 Å². The first-order valence-electron chi connectivity index (χ1n) is 6.66. The molecule has 0 N–H and O–H groups in total. The van der Waals surface area contributed by atoms with Crippen molar-refractivity contribution in [2.45, 2.75) is 25.2 Å². The monoisotopic (exact) mass is 346 g/mol. The molecule has 0 atom stereocenters. The Morgan fingerprint density at radius 2 is 1.87 bits per heavy atom. The molecule has 0 aliphatic rings. The van der Waals surface area contributed by atoms with E-state index in [0.717, 1.165) is 4.31 Å². The molecule has 0 saturated carbocycles. The summed E-state index contributed by atoms with van der Waals surface area (Å²) in [7, 11) is -2.43. The molecule has 1 heterocycles. The van der Waals surface area contributed by atoms with Gasteiger partial charge in [0.1, 0.15) is 23.7 Å². The number of hydrogen-bond acceptors (Lipinski definition) is 5. The molecular weight excluding hydrogens is 330 g/mol. The maximum absolute atomic E-state index is 12.6. The summed E-state index contributed by atoms with van der Waals surface area (Å²) in [6.45, 7) is 2.51. The molecule has 1 aromatic carbocycles. The Kier molecular flexibility index (Phi) is 4.88. The molecule has 2 rings (SSSR count). The number of benzene rings is 1. The number of aryl methyl sites for hydroxylation is 2. The highest BCUT2D eigenvalue weighted by molar-refractivity contribution is 7.92. The van der Waals surface area contributed by atoms with Gasteiger partial charge in [0, 0.05) is 7.05 Å². The third kappa shape index (κ3) is 3.61. The van der Waals surface area contributed by atoms with Crippen LogP contribution in [0.3, 0.4) is 0 Å². The maximum Gasteiger partial charge on any atom is 0.272 e. The van der Waals surface area contributed by atoms with Crippen LogP contribution in [-0.4, -0.2) is 33.7 Å². The molecule has 9 heteroatoms. The van der Waals surface area contributed by atoms with Gasteiger partial charge < -0.3 is 9.26 Å². The van der Waals surface area contributed by atoms with Crippen molar-refractivity contribution in [3.63, 3.8) is 0 Å². The van der Waals surface area contributed by atoms with Crippen LogP contribution in [0.25, 0.3) is 0 Å². The highest BCUT2D eigenvalue weighted by atomic mass is 32.2. The predicted molar refractivity (Wildman–Crippen MR) is 79.5 cm³/mol. The van der Waals surface area contributed by atoms with Crippen LogP contribution in [0.4, 0.5) is 14.5 Å². The Balaban J connectivity index is 2.26. The standard InChI is InChI=1S/C14H16F2N2O4S/c1-9-14(10(2)22-17-9)18(3)23(19,20)12-6-4-11(5-7-12)21-8-13(15)16/h4-7,13H,8H2,1-3H3. The molecule has 0 amide bonds. The molecule has 0 radical (unpaired) electrons. The summed E-state index contributed by atoms with van der Waals surface area (Å²) < 4.78 is 60.3. The molecule has 6 nitrogen and oxygen atoms in total. The van der Waals surface area contributed by atoms with Crippen molar-refractivity contribution in [1.82, 2.24) is 5.16 Å². The first-order chi connectivity index (χ1) is 10.7. The van der Waals surface area contributed by atoms with Gasteiger partial charge in [-0.05, 0) is 38.1 Å². The predicted octanol–water partition coefficient (Wildman–Crippen LogP) is 2.76. The quantitative estimate of drug-likeness (QED) is 0.804. The van der Waals surface area contributed by atoms with Crippen LogP contribution in [0.15, 0.2) is 33.7 Å². The molecule has 23 heavy (non-hydrogen) atoms. The van der Waals surface area contributed by atoms with Crippen molar-refractivity contribution in [3.8, 4) is 5.75 Å². The summed E-state index contributed by atoms with van der Waals surface area (Å²) in [6, 6.07) is 5.25. The van der Waals surface area contributed by atoms with Crippen LogP contribution >= 0.6 is 0 Å². The number of aromatic nitrogens is 1. The van der Waals surface area contributed by atoms with Crippen LogP contribution in [0, 0.1) is 13.8 Å². The van der Waals surface area contributed by atoms with Crippen LogP contribution in [0.2, 0.25) is 0 Å². The van der Waals surface area contributed by atoms with Gasteiger partial charge in [-0.15, -0.1) is 0 Å². The lowest BCUT2D eigenvalue weighted by atomic mass is 10.3. The minimum Gasteiger partial charge on any atom is -0.488 e. The fourth-order valence-corrected chi connectivity index (χ4v) is 3.37. The van der Waals surface area contributed by atoms with Crippen molar-refractivity contribution < 1.29 is 26.5 Å². The summed E-state index contributed by atoms with van der Waals surface area (Å²) in [5.74, 6) is 0.551. The zero-order valence-corrected chi connectivity index (χ0v) is 13.6. The second-order valence-corrected chi connectivity index (χ2v) is 6.79. The summed E-state index contributed by atoms with van der Waals surface area (Å²) in [4.78, 5) is 0.00407. The Labute approximate surface area is 132 Å². The summed E-state index contributed by atoms with van der Waals surface area (Å²) in [5.41, 5.74) is 0.813. The van der Waals surface area contributed by atoms with Gasteiger partial charge in [0.25, 0.3) is 16.4 Å². The van der Waals surface area contributed by atoms with Crippen molar-refractivity contribution in [1.29, 1.82) is 0 Å². The Hall–Kier alpha value is -2.16. The SMILES string of the molecule is Cc1noc(C)c1N(C)S(=O)(=O)c1ccc(OCC(F)F)cc1. The lowest BCUT2D eigenvalue weighted by molar-refractivity contribution is 0.0819. The van der Waals surface area contributed by atoms with Gasteiger partial charge in [-0.25, -0.2) is 17.2 Å². The van der Waals surface area contributed by atoms with Gasteiger partial charge in [-0.3, -0.25) is 4.31 Å². The normalized spacial score (nSPS) is 11.7. The summed E-state index contributed by atoms with van der Waals surface area (Å²) in [5, 5.41) is 3.73. The molecule has 0 unspecified atom stereocenters. The first kappa shape index (κ1) is 17.2. The zero-order chi connectivity index (χ0) is 17.2. The van der Waals surface area contributed by atoms with Crippen molar-refractivity contribution in [2.24, 2.45) is 0 Å². The molecule has 1 aromatic heterocycles. The number of ether oxygens (including phenoxy) is 1. The molecule has 0 saturated heterocycles. The van der Waals surface area contributed by atoms with E-state index < -0.39 is 23.1 Å². The van der Waals surface area contributed by atoms with Gasteiger partial charge in [0.15, 0.2) is 5.76 Å². The Morgan fingerprint density at radius 3 is 2.35 bits per heavy atom. The second kappa shape index (κ2) is 6.53. The molecule has 2 aromatic rings. The average Bonchev–Trinajstić information content (AvgIpc) is 2.83. The molecule has 126 valence electrons. The highest BCUT2D eigenvalue weighted by Crippen LogP contribution is 2.28. The number of nitrogens with zero attached hydrogens (tertiary/aromatic N) is 2. The van der Waals surface area contributed by atoms with Gasteiger partial charge in [-0.1, -0.05) is 5.16 Å². The minimum atomic E-state index is -3.83. The third-order valence-electron chi connectivity index (χ3n) is 3.17. The second-order valence-electron chi connectivity index (χ2n) is 4.82. The van der Waals surface area contributed by atoms with Crippen molar-refractivity contribution in [3.05, 3.63) is 35.7 Å². The van der Waals surface area contributed by atoms with Crippen LogP contribution in [0.1, 0.15) is 11.5 Å². The number of sulfonamides is 1. The minimum absolute atomic E-state index is 0.00407. The van der Waals surface area contributed by atoms with Crippen LogP contribution in [0.5, 0.6) is 5.75 Å². The maximum atomic E-state index is 12.6. The third-order valence-corrected chi connectivity index (χ3v) is 4.94. The van der Waals surface area contributed by atoms with E-state index >= 15 is 0 Å². The summed E-state index contributed by atoms with van der Waals surface area (Å²) >= 11 is 0. The van der Waals surface area contributed by atoms with Gasteiger partial charge in [0.05, 0.1) is 4.90 Å². The Bertz CT molecular complexity index is 753. The number of rotatable bonds is 6. The van der Waals surface area contributed by atoms with Crippen LogP contribution < -0.4 is 9.04 Å². The van der Waals surface area contributed by atoms with E-state index in [0.29, 0.717) is 17.1 Å². The average molecular weight is 346 g/mol. The Morgan fingerprint density at radius 1 is 1.26 bits per heavy atom. The number of anilines is 1. The van der Waals surface area contributed by atoms with E-state index in [1.165, 1.54) is 31.3 Å². The van der Waals surface area contributed by atoms with E-state index in [1.807, 2.05) is 0 Å². The number of hydrogen-bond donors (Lipinski definition) is 0. The fraction of sp³-hybridized carbons (Fsp3) is 0.357. The largest absolute Gasteiger partial charge is 0.488 e. The zero-order valence-electron chi connectivity index (χ0n) is 12.8.